The summed E-state index contributed by atoms with van der Waals surface area (Å²) in [4.78, 5) is 0. The molecule has 10 aromatic rings. The minimum absolute atomic E-state index is 1.09. The number of fused-ring (bicyclic) bond motifs is 10. The van der Waals surface area contributed by atoms with Crippen molar-refractivity contribution in [3.63, 3.8) is 0 Å². The molecule has 0 aliphatic heterocycles. The van der Waals surface area contributed by atoms with E-state index in [0.717, 1.165) is 12.8 Å². The molecule has 1 aliphatic rings. The van der Waals surface area contributed by atoms with E-state index in [1.807, 2.05) is 11.3 Å². The number of nitrogens with zero attached hydrogens (tertiary/aromatic N) is 2. The van der Waals surface area contributed by atoms with Crippen LogP contribution in [0, 0.1) is 0 Å². The van der Waals surface area contributed by atoms with Gasteiger partial charge in [-0.05, 0) is 101 Å². The maximum absolute atomic E-state index is 2.46. The van der Waals surface area contributed by atoms with Crippen LogP contribution in [0.15, 0.2) is 152 Å². The first-order valence-electron chi connectivity index (χ1n) is 17.1. The number of aryl methyl sites for hydroxylation is 1. The Hall–Kier alpha value is -5.90. The van der Waals surface area contributed by atoms with Crippen molar-refractivity contribution >= 4 is 81.1 Å². The topological polar surface area (TPSA) is 9.86 Å². The van der Waals surface area contributed by atoms with Crippen molar-refractivity contribution in [3.05, 3.63) is 163 Å². The van der Waals surface area contributed by atoms with Gasteiger partial charge in [-0.25, -0.2) is 0 Å². The highest BCUT2D eigenvalue weighted by Crippen LogP contribution is 2.41. The third-order valence-corrected chi connectivity index (χ3v) is 11.8. The monoisotopic (exact) mass is 642 g/mol. The molecule has 0 unspecified atom stereocenters. The second-order valence-corrected chi connectivity index (χ2v) is 14.3. The highest BCUT2D eigenvalue weighted by molar-refractivity contribution is 7.26. The number of thiophene rings is 1. The summed E-state index contributed by atoms with van der Waals surface area (Å²) in [5.74, 6) is 0. The number of allylic oxidation sites excluding steroid dienone is 1. The number of rotatable bonds is 3. The molecular weight excluding hydrogens is 613 g/mol. The highest BCUT2D eigenvalue weighted by Gasteiger charge is 2.20. The Kier molecular flexibility index (Phi) is 5.69. The van der Waals surface area contributed by atoms with Crippen LogP contribution in [0.2, 0.25) is 0 Å². The van der Waals surface area contributed by atoms with Crippen molar-refractivity contribution in [3.8, 4) is 22.5 Å². The van der Waals surface area contributed by atoms with E-state index in [2.05, 4.69) is 167 Å². The Bertz CT molecular complexity index is 3000. The van der Waals surface area contributed by atoms with E-state index in [0.29, 0.717) is 0 Å². The molecule has 49 heavy (non-hydrogen) atoms. The molecule has 0 amide bonds. The molecule has 0 saturated heterocycles. The fraction of sp³-hybridized carbons (Fsp3) is 0.0435. The van der Waals surface area contributed by atoms with Crippen LogP contribution < -0.4 is 0 Å². The number of aromatic nitrogens is 2. The molecule has 0 bridgehead atoms. The van der Waals surface area contributed by atoms with Crippen molar-refractivity contribution in [1.82, 2.24) is 9.13 Å². The Morgan fingerprint density at radius 3 is 2.12 bits per heavy atom. The van der Waals surface area contributed by atoms with Crippen LogP contribution in [-0.4, -0.2) is 9.13 Å². The van der Waals surface area contributed by atoms with Crippen molar-refractivity contribution in [2.24, 2.45) is 0 Å². The summed E-state index contributed by atoms with van der Waals surface area (Å²) in [6, 6.07) is 54.1. The molecule has 3 aromatic heterocycles. The van der Waals surface area contributed by atoms with Crippen LogP contribution in [0.25, 0.3) is 92.2 Å². The van der Waals surface area contributed by atoms with E-state index in [9.17, 15) is 0 Å². The lowest BCUT2D eigenvalue weighted by molar-refractivity contribution is 0.968. The first kappa shape index (κ1) is 27.1. The summed E-state index contributed by atoms with van der Waals surface area (Å²) >= 11 is 1.89. The van der Waals surface area contributed by atoms with Gasteiger partial charge in [-0.3, -0.25) is 0 Å². The third kappa shape index (κ3) is 3.94. The zero-order valence-electron chi connectivity index (χ0n) is 26.7. The molecule has 0 atom stereocenters. The molecule has 0 fully saturated rings. The maximum atomic E-state index is 2.46. The summed E-state index contributed by atoms with van der Waals surface area (Å²) in [6.07, 6.45) is 6.82. The summed E-state index contributed by atoms with van der Waals surface area (Å²) in [5, 5.41) is 9.06. The predicted molar refractivity (Wildman–Crippen MR) is 211 cm³/mol. The van der Waals surface area contributed by atoms with Gasteiger partial charge in [-0.15, -0.1) is 11.3 Å². The molecule has 0 radical (unpaired) electrons. The molecule has 2 nitrogen and oxygen atoms in total. The molecule has 7 aromatic carbocycles. The third-order valence-electron chi connectivity index (χ3n) is 10.6. The molecular formula is C46H30N2S. The van der Waals surface area contributed by atoms with E-state index in [1.54, 1.807) is 0 Å². The average Bonchev–Trinajstić information content (AvgIpc) is 3.82. The number of benzene rings is 7. The minimum atomic E-state index is 1.09. The van der Waals surface area contributed by atoms with E-state index in [1.165, 1.54) is 97.4 Å². The first-order valence-corrected chi connectivity index (χ1v) is 17.9. The van der Waals surface area contributed by atoms with Crippen LogP contribution in [0.4, 0.5) is 0 Å². The van der Waals surface area contributed by atoms with Crippen LogP contribution in [0.3, 0.4) is 0 Å². The number of hydrogen-bond acceptors (Lipinski definition) is 1. The number of para-hydroxylation sites is 2. The SMILES string of the molecule is C1=Cc2c(c3ccccc3n2-c2ccc3c(c2)c2ccccc2n3-c2ccc3ccc(-c4cccc5c4sc4ccccc45)cc3c2)CC1. The lowest BCUT2D eigenvalue weighted by Crippen LogP contribution is -2.00. The molecule has 3 heteroatoms. The van der Waals surface area contributed by atoms with Gasteiger partial charge in [0.05, 0.1) is 16.6 Å². The summed E-state index contributed by atoms with van der Waals surface area (Å²) in [5.41, 5.74) is 11.4. The van der Waals surface area contributed by atoms with Crippen molar-refractivity contribution < 1.29 is 0 Å². The predicted octanol–water partition coefficient (Wildman–Crippen LogP) is 12.9. The van der Waals surface area contributed by atoms with Crippen molar-refractivity contribution in [2.75, 3.05) is 0 Å². The van der Waals surface area contributed by atoms with E-state index < -0.39 is 0 Å². The smallest absolute Gasteiger partial charge is 0.0542 e. The molecule has 0 spiro atoms. The minimum Gasteiger partial charge on any atom is -0.310 e. The molecule has 1 aliphatic carbocycles. The zero-order valence-corrected chi connectivity index (χ0v) is 27.5. The molecule has 11 rings (SSSR count). The van der Waals surface area contributed by atoms with Gasteiger partial charge in [0.25, 0.3) is 0 Å². The van der Waals surface area contributed by atoms with Crippen molar-refractivity contribution in [2.45, 2.75) is 12.8 Å². The summed E-state index contributed by atoms with van der Waals surface area (Å²) < 4.78 is 7.59. The fourth-order valence-electron chi connectivity index (χ4n) is 8.36. The second kappa shape index (κ2) is 10.3. The lowest BCUT2D eigenvalue weighted by Gasteiger charge is -2.13. The van der Waals surface area contributed by atoms with Gasteiger partial charge in [-0.1, -0.05) is 97.1 Å². The molecule has 0 N–H and O–H groups in total. The van der Waals surface area contributed by atoms with E-state index in [-0.39, 0.29) is 0 Å². The Morgan fingerprint density at radius 1 is 0.490 bits per heavy atom. The number of hydrogen-bond donors (Lipinski definition) is 0. The molecule has 0 saturated carbocycles. The van der Waals surface area contributed by atoms with Gasteiger partial charge in [0, 0.05) is 53.4 Å². The average molecular weight is 643 g/mol. The second-order valence-electron chi connectivity index (χ2n) is 13.2. The Labute approximate surface area is 287 Å². The van der Waals surface area contributed by atoms with Gasteiger partial charge in [-0.2, -0.15) is 0 Å². The molecule has 3 heterocycles. The maximum Gasteiger partial charge on any atom is 0.0542 e. The highest BCUT2D eigenvalue weighted by atomic mass is 32.1. The molecule has 230 valence electrons. The van der Waals surface area contributed by atoms with Gasteiger partial charge in [0.2, 0.25) is 0 Å². The van der Waals surface area contributed by atoms with Crippen LogP contribution in [-0.2, 0) is 6.42 Å². The van der Waals surface area contributed by atoms with E-state index >= 15 is 0 Å². The van der Waals surface area contributed by atoms with Gasteiger partial charge in [0.1, 0.15) is 0 Å². The van der Waals surface area contributed by atoms with Crippen LogP contribution in [0.1, 0.15) is 17.7 Å². The van der Waals surface area contributed by atoms with E-state index in [4.69, 9.17) is 0 Å². The van der Waals surface area contributed by atoms with Crippen LogP contribution in [0.5, 0.6) is 0 Å². The van der Waals surface area contributed by atoms with Gasteiger partial charge < -0.3 is 9.13 Å². The zero-order chi connectivity index (χ0) is 32.1. The summed E-state index contributed by atoms with van der Waals surface area (Å²) in [7, 11) is 0. The van der Waals surface area contributed by atoms with Gasteiger partial charge in [0.15, 0.2) is 0 Å². The Morgan fingerprint density at radius 2 is 1.20 bits per heavy atom. The lowest BCUT2D eigenvalue weighted by atomic mass is 9.99. The van der Waals surface area contributed by atoms with Crippen LogP contribution >= 0.6 is 11.3 Å². The Balaban J connectivity index is 1.10. The fourth-order valence-corrected chi connectivity index (χ4v) is 9.60. The summed E-state index contributed by atoms with van der Waals surface area (Å²) in [6.45, 7) is 0. The quantitative estimate of drug-likeness (QED) is 0.181. The van der Waals surface area contributed by atoms with Gasteiger partial charge >= 0.3 is 0 Å². The largest absolute Gasteiger partial charge is 0.310 e. The van der Waals surface area contributed by atoms with Crippen molar-refractivity contribution in [1.29, 1.82) is 0 Å². The first-order chi connectivity index (χ1) is 24.3. The normalized spacial score (nSPS) is 13.1. The standard InChI is InChI=1S/C46H30N2S/c1-5-16-41-35(10-1)36-11-2-6-17-42(36)48(41)33-24-25-44-40(28-33)37-12-3-7-18-43(37)47(44)32-23-22-29-20-21-30(26-31(29)27-32)34-14-9-15-39-38-13-4-8-19-45(38)49-46(34)39/h1,3-10,12-28H,2,11H2.